The van der Waals surface area contributed by atoms with Gasteiger partial charge in [0.2, 0.25) is 0 Å². The Kier molecular flexibility index (Phi) is 5.14. The second-order valence-corrected chi connectivity index (χ2v) is 7.67. The van der Waals surface area contributed by atoms with Crippen LogP contribution in [0.25, 0.3) is 5.76 Å². The van der Waals surface area contributed by atoms with Crippen LogP contribution in [0.1, 0.15) is 28.3 Å². The van der Waals surface area contributed by atoms with Crippen molar-refractivity contribution in [2.45, 2.75) is 19.9 Å². The van der Waals surface area contributed by atoms with E-state index in [1.54, 1.807) is 54.9 Å². The summed E-state index contributed by atoms with van der Waals surface area (Å²) in [5, 5.41) is 11.4. The Labute approximate surface area is 179 Å². The first-order valence-corrected chi connectivity index (χ1v) is 9.80. The molecule has 1 unspecified atom stereocenters. The minimum absolute atomic E-state index is 0.00787. The monoisotopic (exact) mass is 418 g/mol. The van der Waals surface area contributed by atoms with Crippen molar-refractivity contribution < 1.29 is 14.7 Å². The summed E-state index contributed by atoms with van der Waals surface area (Å²) in [5.74, 6) is -1.72. The zero-order chi connectivity index (χ0) is 21.4. The van der Waals surface area contributed by atoms with E-state index in [1.165, 1.54) is 4.90 Å². The van der Waals surface area contributed by atoms with Gasteiger partial charge < -0.3 is 5.11 Å². The fourth-order valence-electron chi connectivity index (χ4n) is 3.62. The van der Waals surface area contributed by atoms with Crippen molar-refractivity contribution in [3.8, 4) is 0 Å². The van der Waals surface area contributed by atoms with E-state index in [0.29, 0.717) is 21.8 Å². The number of pyridine rings is 1. The van der Waals surface area contributed by atoms with Crippen LogP contribution >= 0.6 is 11.6 Å². The number of carbonyl (C=O) groups excluding carboxylic acids is 2. The number of benzene rings is 2. The number of halogens is 1. The number of ketones is 1. The highest BCUT2D eigenvalue weighted by Crippen LogP contribution is 2.42. The summed E-state index contributed by atoms with van der Waals surface area (Å²) in [6, 6.07) is 14.8. The van der Waals surface area contributed by atoms with E-state index in [-0.39, 0.29) is 11.3 Å². The first-order chi connectivity index (χ1) is 14.4. The number of amides is 1. The highest BCUT2D eigenvalue weighted by Gasteiger charge is 2.47. The van der Waals surface area contributed by atoms with Crippen LogP contribution in [0.2, 0.25) is 5.02 Å². The number of Topliss-reactive ketones (excluding diaryl/α,β-unsaturated/α-hetero) is 1. The quantitative estimate of drug-likeness (QED) is 0.370. The van der Waals surface area contributed by atoms with Crippen molar-refractivity contribution in [1.82, 2.24) is 4.98 Å². The number of carbonyl (C=O) groups is 2. The second-order valence-electron chi connectivity index (χ2n) is 7.23. The Morgan fingerprint density at radius 3 is 2.50 bits per heavy atom. The summed E-state index contributed by atoms with van der Waals surface area (Å²) < 4.78 is 0. The standard InChI is InChI=1S/C24H19ClN2O3/c1-14-8-9-19(11-15(14)2)27-21(17-6-4-10-26-13-17)20(23(29)24(27)30)22(28)16-5-3-7-18(25)12-16/h3-13,21,28H,1-2H3/b22-20+. The van der Waals surface area contributed by atoms with Crippen LogP contribution in [0.15, 0.2) is 72.6 Å². The number of nitrogens with zero attached hydrogens (tertiary/aromatic N) is 2. The van der Waals surface area contributed by atoms with Gasteiger partial charge in [-0.15, -0.1) is 0 Å². The SMILES string of the molecule is Cc1ccc(N2C(=O)C(=O)/C(=C(/O)c3cccc(Cl)c3)C2c2cccnc2)cc1C. The van der Waals surface area contributed by atoms with E-state index in [2.05, 4.69) is 4.98 Å². The number of aliphatic hydroxyl groups excluding tert-OH is 1. The second kappa shape index (κ2) is 7.76. The highest BCUT2D eigenvalue weighted by molar-refractivity contribution is 6.51. The highest BCUT2D eigenvalue weighted by atomic mass is 35.5. The normalized spacial score (nSPS) is 18.1. The molecule has 1 fully saturated rings. The molecule has 5 nitrogen and oxygen atoms in total. The number of hydrogen-bond acceptors (Lipinski definition) is 4. The maximum atomic E-state index is 13.1. The molecule has 1 N–H and O–H groups in total. The third kappa shape index (κ3) is 3.37. The van der Waals surface area contributed by atoms with Crippen LogP contribution < -0.4 is 4.90 Å². The molecule has 1 atom stereocenters. The molecule has 1 aliphatic heterocycles. The lowest BCUT2D eigenvalue weighted by Crippen LogP contribution is -2.29. The van der Waals surface area contributed by atoms with Crippen molar-refractivity contribution in [2.75, 3.05) is 4.90 Å². The predicted molar refractivity (Wildman–Crippen MR) is 116 cm³/mol. The maximum absolute atomic E-state index is 13.1. The molecule has 2 aromatic carbocycles. The van der Waals surface area contributed by atoms with E-state index in [4.69, 9.17) is 11.6 Å². The molecule has 1 aliphatic rings. The smallest absolute Gasteiger partial charge is 0.300 e. The first-order valence-electron chi connectivity index (χ1n) is 9.42. The number of aryl methyl sites for hydroxylation is 2. The van der Waals surface area contributed by atoms with Gasteiger partial charge >= 0.3 is 0 Å². The minimum atomic E-state index is -0.806. The predicted octanol–water partition coefficient (Wildman–Crippen LogP) is 4.98. The van der Waals surface area contributed by atoms with Crippen molar-refractivity contribution in [3.63, 3.8) is 0 Å². The maximum Gasteiger partial charge on any atom is 0.300 e. The molecule has 0 radical (unpaired) electrons. The van der Waals surface area contributed by atoms with Gasteiger partial charge in [-0.05, 0) is 60.9 Å². The van der Waals surface area contributed by atoms with Gasteiger partial charge in [0, 0.05) is 28.7 Å². The molecule has 1 saturated heterocycles. The van der Waals surface area contributed by atoms with Crippen molar-refractivity contribution in [3.05, 3.63) is 99.8 Å². The summed E-state index contributed by atoms with van der Waals surface area (Å²) in [7, 11) is 0. The molecule has 0 saturated carbocycles. The van der Waals surface area contributed by atoms with E-state index < -0.39 is 17.7 Å². The molecular weight excluding hydrogens is 400 g/mol. The van der Waals surface area contributed by atoms with Gasteiger partial charge in [-0.1, -0.05) is 35.9 Å². The lowest BCUT2D eigenvalue weighted by Gasteiger charge is -2.25. The van der Waals surface area contributed by atoms with Crippen LogP contribution in [-0.4, -0.2) is 21.8 Å². The Hall–Kier alpha value is -3.44. The summed E-state index contributed by atoms with van der Waals surface area (Å²) in [5.41, 5.74) is 3.65. The fourth-order valence-corrected chi connectivity index (χ4v) is 3.81. The summed E-state index contributed by atoms with van der Waals surface area (Å²) in [4.78, 5) is 31.7. The summed E-state index contributed by atoms with van der Waals surface area (Å²) >= 11 is 6.06. The van der Waals surface area contributed by atoms with Gasteiger partial charge in [0.05, 0.1) is 11.6 Å². The molecule has 150 valence electrons. The van der Waals surface area contributed by atoms with Gasteiger partial charge in [-0.3, -0.25) is 19.5 Å². The van der Waals surface area contributed by atoms with Gasteiger partial charge in [-0.25, -0.2) is 0 Å². The van der Waals surface area contributed by atoms with Crippen LogP contribution in [-0.2, 0) is 9.59 Å². The third-order valence-corrected chi connectivity index (χ3v) is 5.55. The lowest BCUT2D eigenvalue weighted by molar-refractivity contribution is -0.132. The number of anilines is 1. The van der Waals surface area contributed by atoms with E-state index in [9.17, 15) is 14.7 Å². The average Bonchev–Trinajstić information content (AvgIpc) is 3.01. The van der Waals surface area contributed by atoms with E-state index >= 15 is 0 Å². The van der Waals surface area contributed by atoms with Gasteiger partial charge in [0.25, 0.3) is 11.7 Å². The van der Waals surface area contributed by atoms with Crippen LogP contribution in [0.3, 0.4) is 0 Å². The van der Waals surface area contributed by atoms with Crippen LogP contribution in [0.5, 0.6) is 0 Å². The molecule has 1 amide bonds. The molecule has 3 aromatic rings. The first kappa shape index (κ1) is 19.9. The molecule has 30 heavy (non-hydrogen) atoms. The van der Waals surface area contributed by atoms with E-state index in [0.717, 1.165) is 11.1 Å². The molecule has 0 spiro atoms. The molecule has 2 heterocycles. The fraction of sp³-hybridized carbons (Fsp3) is 0.125. The largest absolute Gasteiger partial charge is 0.507 e. The third-order valence-electron chi connectivity index (χ3n) is 5.31. The van der Waals surface area contributed by atoms with Crippen molar-refractivity contribution >= 4 is 34.7 Å². The number of aromatic nitrogens is 1. The molecule has 6 heteroatoms. The topological polar surface area (TPSA) is 70.5 Å². The zero-order valence-corrected chi connectivity index (χ0v) is 17.2. The summed E-state index contributed by atoms with van der Waals surface area (Å²) in [6.07, 6.45) is 3.21. The average molecular weight is 419 g/mol. The Morgan fingerprint density at radius 1 is 1.03 bits per heavy atom. The van der Waals surface area contributed by atoms with E-state index in [1.807, 2.05) is 26.0 Å². The van der Waals surface area contributed by atoms with Crippen LogP contribution in [0.4, 0.5) is 5.69 Å². The lowest BCUT2D eigenvalue weighted by atomic mass is 9.96. The Bertz CT molecular complexity index is 1190. The van der Waals surface area contributed by atoms with Gasteiger partial charge in [-0.2, -0.15) is 0 Å². The Balaban J connectivity index is 1.96. The van der Waals surface area contributed by atoms with Gasteiger partial charge in [0.1, 0.15) is 5.76 Å². The van der Waals surface area contributed by atoms with Crippen LogP contribution in [0, 0.1) is 13.8 Å². The minimum Gasteiger partial charge on any atom is -0.507 e. The van der Waals surface area contributed by atoms with Crippen molar-refractivity contribution in [2.24, 2.45) is 0 Å². The molecule has 0 aliphatic carbocycles. The molecule has 4 rings (SSSR count). The summed E-state index contributed by atoms with van der Waals surface area (Å²) in [6.45, 7) is 3.92. The van der Waals surface area contributed by atoms with Crippen molar-refractivity contribution in [1.29, 1.82) is 0 Å². The van der Waals surface area contributed by atoms with Gasteiger partial charge in [0.15, 0.2) is 0 Å². The molecule has 1 aromatic heterocycles. The number of aliphatic hydroxyl groups is 1. The zero-order valence-electron chi connectivity index (χ0n) is 16.5. The molecular formula is C24H19ClN2O3. The molecule has 0 bridgehead atoms. The Morgan fingerprint density at radius 2 is 1.83 bits per heavy atom. The number of rotatable bonds is 3. The number of hydrogen-bond donors (Lipinski definition) is 1.